The number of pyridine rings is 1. The highest BCUT2D eigenvalue weighted by Gasteiger charge is 2.38. The maximum atomic E-state index is 5.20. The fourth-order valence-electron chi connectivity index (χ4n) is 9.71. The van der Waals surface area contributed by atoms with Gasteiger partial charge in [-0.1, -0.05) is 147 Å². The molecule has 0 aliphatic heterocycles. The van der Waals surface area contributed by atoms with Crippen molar-refractivity contribution in [3.63, 3.8) is 0 Å². The lowest BCUT2D eigenvalue weighted by Gasteiger charge is -2.22. The van der Waals surface area contributed by atoms with Crippen LogP contribution in [0.25, 0.3) is 105 Å². The van der Waals surface area contributed by atoms with Crippen molar-refractivity contribution < 1.29 is 0 Å². The minimum atomic E-state index is -0.221. The van der Waals surface area contributed by atoms with Gasteiger partial charge in [-0.2, -0.15) is 0 Å². The van der Waals surface area contributed by atoms with E-state index in [4.69, 9.17) is 9.97 Å². The quantitative estimate of drug-likeness (QED) is 0.169. The van der Waals surface area contributed by atoms with Crippen molar-refractivity contribution >= 4 is 54.1 Å². The molecule has 0 saturated carbocycles. The van der Waals surface area contributed by atoms with E-state index in [1.54, 1.807) is 0 Å². The first-order chi connectivity index (χ1) is 28.5. The van der Waals surface area contributed by atoms with E-state index in [0.29, 0.717) is 5.82 Å². The van der Waals surface area contributed by atoms with Crippen molar-refractivity contribution in [2.75, 3.05) is 0 Å². The maximum Gasteiger partial charge on any atom is 0.160 e. The van der Waals surface area contributed by atoms with Gasteiger partial charge in [-0.05, 0) is 85.4 Å². The minimum Gasteiger partial charge on any atom is -0.308 e. The van der Waals surface area contributed by atoms with E-state index in [1.807, 2.05) is 24.5 Å². The maximum absolute atomic E-state index is 5.20. The van der Waals surface area contributed by atoms with Crippen molar-refractivity contribution in [3.05, 3.63) is 193 Å². The van der Waals surface area contributed by atoms with Gasteiger partial charge in [0.25, 0.3) is 0 Å². The average molecular weight is 741 g/mol. The van der Waals surface area contributed by atoms with Gasteiger partial charge >= 0.3 is 0 Å². The summed E-state index contributed by atoms with van der Waals surface area (Å²) in [7, 11) is 0. The zero-order valence-corrected chi connectivity index (χ0v) is 32.1. The molecule has 0 atom stereocenters. The summed E-state index contributed by atoms with van der Waals surface area (Å²) in [6.07, 6.45) is 3.92. The van der Waals surface area contributed by atoms with Gasteiger partial charge < -0.3 is 4.57 Å². The van der Waals surface area contributed by atoms with Gasteiger partial charge in [0.1, 0.15) is 0 Å². The number of benzene rings is 8. The van der Waals surface area contributed by atoms with E-state index in [0.717, 1.165) is 44.7 Å². The lowest BCUT2D eigenvalue weighted by Crippen LogP contribution is -2.15. The molecule has 0 radical (unpaired) electrons. The summed E-state index contributed by atoms with van der Waals surface area (Å²) in [5.74, 6) is 0.687. The van der Waals surface area contributed by atoms with Crippen LogP contribution in [0.5, 0.6) is 0 Å². The Labute approximate surface area is 335 Å². The molecule has 0 N–H and O–H groups in total. The van der Waals surface area contributed by atoms with Gasteiger partial charge in [-0.15, -0.1) is 0 Å². The summed E-state index contributed by atoms with van der Waals surface area (Å²) in [5.41, 5.74) is 13.2. The molecular formula is C54H36N4. The summed E-state index contributed by atoms with van der Waals surface area (Å²) in [5, 5.41) is 10.1. The van der Waals surface area contributed by atoms with Crippen molar-refractivity contribution in [2.45, 2.75) is 19.3 Å². The Hall–Kier alpha value is -7.43. The van der Waals surface area contributed by atoms with E-state index in [9.17, 15) is 0 Å². The predicted octanol–water partition coefficient (Wildman–Crippen LogP) is 13.7. The molecule has 272 valence electrons. The molecule has 3 heterocycles. The molecule has 0 amide bonds. The monoisotopic (exact) mass is 740 g/mol. The number of fused-ring (bicyclic) bond motifs is 13. The highest BCUT2D eigenvalue weighted by molar-refractivity contribution is 6.27. The first kappa shape index (κ1) is 32.8. The zero-order valence-electron chi connectivity index (χ0n) is 32.1. The summed E-state index contributed by atoms with van der Waals surface area (Å²) >= 11 is 0. The molecule has 12 rings (SSSR count). The van der Waals surface area contributed by atoms with Crippen LogP contribution in [0.3, 0.4) is 0 Å². The van der Waals surface area contributed by atoms with Gasteiger partial charge in [0.05, 0.1) is 22.4 Å². The summed E-state index contributed by atoms with van der Waals surface area (Å²) in [6, 6.07) is 61.1. The minimum absolute atomic E-state index is 0.221. The van der Waals surface area contributed by atoms with Crippen LogP contribution in [0.1, 0.15) is 25.0 Å². The molecule has 1 aliphatic carbocycles. The second-order valence-electron chi connectivity index (χ2n) is 16.0. The lowest BCUT2D eigenvalue weighted by molar-refractivity contribution is 0.661. The van der Waals surface area contributed by atoms with Gasteiger partial charge in [-0.3, -0.25) is 4.98 Å². The summed E-state index contributed by atoms with van der Waals surface area (Å²) in [4.78, 5) is 15.0. The van der Waals surface area contributed by atoms with E-state index in [-0.39, 0.29) is 5.41 Å². The van der Waals surface area contributed by atoms with Crippen LogP contribution >= 0.6 is 0 Å². The van der Waals surface area contributed by atoms with Crippen LogP contribution in [0, 0.1) is 0 Å². The largest absolute Gasteiger partial charge is 0.308 e. The van der Waals surface area contributed by atoms with Crippen LogP contribution in [-0.2, 0) is 5.41 Å². The van der Waals surface area contributed by atoms with E-state index in [1.165, 1.54) is 65.5 Å². The molecule has 0 fully saturated rings. The fourth-order valence-corrected chi connectivity index (χ4v) is 9.71. The fraction of sp³-hybridized carbons (Fsp3) is 0.0556. The number of nitrogens with zero attached hydrogens (tertiary/aromatic N) is 4. The Morgan fingerprint density at radius 1 is 0.448 bits per heavy atom. The van der Waals surface area contributed by atoms with Crippen molar-refractivity contribution in [2.24, 2.45) is 0 Å². The molecule has 0 saturated heterocycles. The number of aromatic nitrogens is 4. The van der Waals surface area contributed by atoms with Crippen molar-refractivity contribution in [1.29, 1.82) is 0 Å². The van der Waals surface area contributed by atoms with E-state index < -0.39 is 0 Å². The summed E-state index contributed by atoms with van der Waals surface area (Å²) in [6.45, 7) is 4.77. The van der Waals surface area contributed by atoms with Crippen molar-refractivity contribution in [1.82, 2.24) is 19.5 Å². The molecule has 0 spiro atoms. The SMILES string of the molecule is CC1(C)c2cc3c4ccccc4c4ccccc4c3cc2-c2c1ccc1c3cnccc3n(-c3cccc(-c4nc(-c5ccccc5)cc(-c5ccccc5)n4)c3)c21. The molecule has 58 heavy (non-hydrogen) atoms. The first-order valence-corrected chi connectivity index (χ1v) is 19.9. The van der Waals surface area contributed by atoms with Crippen molar-refractivity contribution in [3.8, 4) is 50.7 Å². The lowest BCUT2D eigenvalue weighted by atomic mass is 9.81. The van der Waals surface area contributed by atoms with Crippen LogP contribution in [-0.4, -0.2) is 19.5 Å². The molecule has 1 aliphatic rings. The Morgan fingerprint density at radius 3 is 1.69 bits per heavy atom. The van der Waals surface area contributed by atoms with Crippen LogP contribution < -0.4 is 0 Å². The van der Waals surface area contributed by atoms with E-state index in [2.05, 4.69) is 181 Å². The van der Waals surface area contributed by atoms with Gasteiger partial charge in [0.15, 0.2) is 5.82 Å². The Morgan fingerprint density at radius 2 is 1.03 bits per heavy atom. The molecule has 4 heteroatoms. The Balaban J connectivity index is 1.13. The molecule has 11 aromatic rings. The molecule has 8 aromatic carbocycles. The van der Waals surface area contributed by atoms with Gasteiger partial charge in [0, 0.05) is 56.5 Å². The molecule has 0 bridgehead atoms. The van der Waals surface area contributed by atoms with Crippen LogP contribution in [0.15, 0.2) is 182 Å². The third kappa shape index (κ3) is 4.72. The standard InChI is InChI=1S/C54H36N4/c1-54(2)46-25-24-41-45-32-55-27-26-50(45)58(52(41)51(46)44-29-42-39-22-11-9-20-37(39)38-21-10-12-23-40(38)43(42)30-47(44)54)36-19-13-18-35(28-36)53-56-48(33-14-5-3-6-15-33)31-49(57-53)34-16-7-4-8-17-34/h3-32H,1-2H3. The molecule has 0 unspecified atom stereocenters. The number of hydrogen-bond acceptors (Lipinski definition) is 3. The number of hydrogen-bond donors (Lipinski definition) is 0. The zero-order chi connectivity index (χ0) is 38.5. The number of rotatable bonds is 4. The highest BCUT2D eigenvalue weighted by atomic mass is 15.0. The van der Waals surface area contributed by atoms with E-state index >= 15 is 0 Å². The van der Waals surface area contributed by atoms with Crippen LogP contribution in [0.2, 0.25) is 0 Å². The second kappa shape index (κ2) is 12.3. The molecular weight excluding hydrogens is 705 g/mol. The Bertz CT molecular complexity index is 3410. The topological polar surface area (TPSA) is 43.6 Å². The normalized spacial score (nSPS) is 13.1. The highest BCUT2D eigenvalue weighted by Crippen LogP contribution is 2.55. The average Bonchev–Trinajstić information content (AvgIpc) is 3.74. The third-order valence-corrected chi connectivity index (χ3v) is 12.5. The predicted molar refractivity (Wildman–Crippen MR) is 241 cm³/mol. The second-order valence-corrected chi connectivity index (χ2v) is 16.0. The van der Waals surface area contributed by atoms with Gasteiger partial charge in [-0.25, -0.2) is 9.97 Å². The van der Waals surface area contributed by atoms with Gasteiger partial charge in [0.2, 0.25) is 0 Å². The molecule has 4 nitrogen and oxygen atoms in total. The first-order valence-electron chi connectivity index (χ1n) is 19.9. The Kier molecular flexibility index (Phi) is 6.94. The molecule has 3 aromatic heterocycles. The third-order valence-electron chi connectivity index (χ3n) is 12.5. The van der Waals surface area contributed by atoms with Crippen LogP contribution in [0.4, 0.5) is 0 Å². The smallest absolute Gasteiger partial charge is 0.160 e. The summed E-state index contributed by atoms with van der Waals surface area (Å²) < 4.78 is 2.45.